The van der Waals surface area contributed by atoms with Crippen LogP contribution in [-0.2, 0) is 0 Å². The van der Waals surface area contributed by atoms with Crippen LogP contribution in [0.15, 0.2) is 18.2 Å². The third kappa shape index (κ3) is 3.16. The molecule has 0 spiro atoms. The highest BCUT2D eigenvalue weighted by Crippen LogP contribution is 2.29. The molecule has 15 heavy (non-hydrogen) atoms. The summed E-state index contributed by atoms with van der Waals surface area (Å²) < 4.78 is 0. The Balaban J connectivity index is 3.09. The molecule has 82 valence electrons. The summed E-state index contributed by atoms with van der Waals surface area (Å²) in [6, 6.07) is 4.63. The molecule has 0 saturated heterocycles. The van der Waals surface area contributed by atoms with Crippen molar-refractivity contribution in [2.24, 2.45) is 0 Å². The number of carboxylic acid groups (broad SMARTS) is 1. The first-order valence-corrected chi connectivity index (χ1v) is 5.36. The van der Waals surface area contributed by atoms with E-state index in [-0.39, 0.29) is 12.4 Å². The molecule has 1 N–H and O–H groups in total. The average Bonchev–Trinajstić information content (AvgIpc) is 2.18. The number of rotatable bonds is 3. The third-order valence-electron chi connectivity index (χ3n) is 1.74. The Morgan fingerprint density at radius 2 is 2.07 bits per heavy atom. The van der Waals surface area contributed by atoms with Crippen LogP contribution < -0.4 is 4.90 Å². The van der Waals surface area contributed by atoms with E-state index >= 15 is 0 Å². The van der Waals surface area contributed by atoms with Gasteiger partial charge in [-0.1, -0.05) is 23.2 Å². The van der Waals surface area contributed by atoms with Gasteiger partial charge in [-0.05, 0) is 18.2 Å². The Morgan fingerprint density at radius 3 is 2.60 bits per heavy atom. The number of carbonyl (C=O) groups is 1. The van der Waals surface area contributed by atoms with Crippen LogP contribution in [0.3, 0.4) is 0 Å². The first-order chi connectivity index (χ1) is 7.06. The molecule has 0 aromatic heterocycles. The second-order valence-corrected chi connectivity index (χ2v) is 3.94. The van der Waals surface area contributed by atoms with Crippen molar-refractivity contribution in [1.29, 1.82) is 0 Å². The van der Waals surface area contributed by atoms with Crippen LogP contribution in [0.4, 0.5) is 10.5 Å². The van der Waals surface area contributed by atoms with Gasteiger partial charge in [0.25, 0.3) is 0 Å². The van der Waals surface area contributed by atoms with Crippen molar-refractivity contribution in [3.8, 4) is 0 Å². The van der Waals surface area contributed by atoms with E-state index in [2.05, 4.69) is 0 Å². The summed E-state index contributed by atoms with van der Waals surface area (Å²) in [4.78, 5) is 12.0. The molecule has 0 bridgehead atoms. The highest BCUT2D eigenvalue weighted by molar-refractivity contribution is 6.35. The smallest absolute Gasteiger partial charge is 0.411 e. The first-order valence-electron chi connectivity index (χ1n) is 4.07. The maximum Gasteiger partial charge on any atom is 0.411 e. The molecule has 1 aromatic rings. The molecule has 1 aromatic carbocycles. The number of halogens is 3. The van der Waals surface area contributed by atoms with E-state index in [0.29, 0.717) is 15.7 Å². The number of nitrogens with zero attached hydrogens (tertiary/aromatic N) is 1. The quantitative estimate of drug-likeness (QED) is 0.849. The zero-order chi connectivity index (χ0) is 11.4. The lowest BCUT2D eigenvalue weighted by atomic mass is 10.3. The van der Waals surface area contributed by atoms with E-state index in [4.69, 9.17) is 39.9 Å². The van der Waals surface area contributed by atoms with Crippen molar-refractivity contribution in [2.75, 3.05) is 17.3 Å². The van der Waals surface area contributed by atoms with Gasteiger partial charge in [-0.25, -0.2) is 4.79 Å². The van der Waals surface area contributed by atoms with Crippen LogP contribution in [0.2, 0.25) is 10.0 Å². The monoisotopic (exact) mass is 267 g/mol. The van der Waals surface area contributed by atoms with Gasteiger partial charge in [0.15, 0.2) is 0 Å². The van der Waals surface area contributed by atoms with E-state index in [1.807, 2.05) is 0 Å². The van der Waals surface area contributed by atoms with Crippen LogP contribution in [0.1, 0.15) is 0 Å². The number of anilines is 1. The predicted octanol–water partition coefficient (Wildman–Crippen LogP) is 3.72. The van der Waals surface area contributed by atoms with E-state index < -0.39 is 6.09 Å². The summed E-state index contributed by atoms with van der Waals surface area (Å²) in [7, 11) is 0. The van der Waals surface area contributed by atoms with Crippen LogP contribution >= 0.6 is 34.8 Å². The normalized spacial score (nSPS) is 10.1. The number of hydrogen-bond donors (Lipinski definition) is 1. The van der Waals surface area contributed by atoms with E-state index in [1.165, 1.54) is 6.07 Å². The Labute approximate surface area is 102 Å². The zero-order valence-corrected chi connectivity index (χ0v) is 9.85. The Kier molecular flexibility index (Phi) is 4.51. The van der Waals surface area contributed by atoms with Crippen molar-refractivity contribution in [3.63, 3.8) is 0 Å². The maximum atomic E-state index is 10.9. The summed E-state index contributed by atoms with van der Waals surface area (Å²) in [5, 5.41) is 9.69. The molecule has 3 nitrogen and oxygen atoms in total. The minimum Gasteiger partial charge on any atom is -0.465 e. The van der Waals surface area contributed by atoms with Crippen LogP contribution in [0.5, 0.6) is 0 Å². The van der Waals surface area contributed by atoms with Crippen LogP contribution in [0, 0.1) is 0 Å². The van der Waals surface area contributed by atoms with Crippen LogP contribution in [0.25, 0.3) is 0 Å². The van der Waals surface area contributed by atoms with Gasteiger partial charge >= 0.3 is 6.09 Å². The fraction of sp³-hybridized carbons (Fsp3) is 0.222. The molecular formula is C9H8Cl3NO2. The molecule has 1 rings (SSSR count). The maximum absolute atomic E-state index is 10.9. The molecule has 6 heteroatoms. The van der Waals surface area contributed by atoms with Crippen molar-refractivity contribution in [3.05, 3.63) is 28.2 Å². The fourth-order valence-corrected chi connectivity index (χ4v) is 1.65. The Morgan fingerprint density at radius 1 is 1.40 bits per heavy atom. The SMILES string of the molecule is O=C(O)N(CCCl)c1cc(Cl)ccc1Cl. The lowest BCUT2D eigenvalue weighted by molar-refractivity contribution is 0.202. The molecule has 0 unspecified atom stereocenters. The molecule has 0 atom stereocenters. The van der Waals surface area contributed by atoms with Gasteiger partial charge in [0.05, 0.1) is 10.7 Å². The lowest BCUT2D eigenvalue weighted by Crippen LogP contribution is -2.31. The van der Waals surface area contributed by atoms with Gasteiger partial charge in [-0.2, -0.15) is 0 Å². The third-order valence-corrected chi connectivity index (χ3v) is 2.46. The van der Waals surface area contributed by atoms with E-state index in [9.17, 15) is 4.79 Å². The summed E-state index contributed by atoms with van der Waals surface area (Å²) in [5.74, 6) is 0.190. The minimum absolute atomic E-state index is 0.164. The molecule has 0 fully saturated rings. The number of benzene rings is 1. The Hall–Kier alpha value is -0.640. The summed E-state index contributed by atoms with van der Waals surface area (Å²) in [5.41, 5.74) is 0.345. The average molecular weight is 269 g/mol. The number of hydrogen-bond acceptors (Lipinski definition) is 1. The van der Waals surface area contributed by atoms with E-state index in [1.54, 1.807) is 12.1 Å². The summed E-state index contributed by atoms with van der Waals surface area (Å²) in [6.45, 7) is 0.164. The van der Waals surface area contributed by atoms with Gasteiger partial charge in [-0.15, -0.1) is 11.6 Å². The predicted molar refractivity (Wildman–Crippen MR) is 62.6 cm³/mol. The molecule has 0 aliphatic rings. The number of alkyl halides is 1. The second kappa shape index (κ2) is 5.45. The van der Waals surface area contributed by atoms with Crippen LogP contribution in [-0.4, -0.2) is 23.6 Å². The second-order valence-electron chi connectivity index (χ2n) is 2.72. The van der Waals surface area contributed by atoms with Crippen molar-refractivity contribution >= 4 is 46.6 Å². The van der Waals surface area contributed by atoms with E-state index in [0.717, 1.165) is 4.90 Å². The lowest BCUT2D eigenvalue weighted by Gasteiger charge is -2.19. The summed E-state index contributed by atoms with van der Waals surface area (Å²) >= 11 is 17.1. The molecule has 0 radical (unpaired) electrons. The number of amides is 1. The first kappa shape index (κ1) is 12.4. The van der Waals surface area contributed by atoms with Gasteiger partial charge in [0.2, 0.25) is 0 Å². The molecule has 0 heterocycles. The Bertz CT molecular complexity index is 370. The highest BCUT2D eigenvalue weighted by atomic mass is 35.5. The van der Waals surface area contributed by atoms with Gasteiger partial charge in [-0.3, -0.25) is 4.90 Å². The van der Waals surface area contributed by atoms with Gasteiger partial charge in [0.1, 0.15) is 0 Å². The summed E-state index contributed by atoms with van der Waals surface area (Å²) in [6.07, 6.45) is -1.11. The molecule has 0 aliphatic heterocycles. The van der Waals surface area contributed by atoms with Gasteiger partial charge < -0.3 is 5.11 Å². The molecular weight excluding hydrogens is 260 g/mol. The topological polar surface area (TPSA) is 40.5 Å². The molecule has 0 saturated carbocycles. The van der Waals surface area contributed by atoms with Crippen molar-refractivity contribution in [1.82, 2.24) is 0 Å². The van der Waals surface area contributed by atoms with Crippen molar-refractivity contribution < 1.29 is 9.90 Å². The zero-order valence-electron chi connectivity index (χ0n) is 7.58. The highest BCUT2D eigenvalue weighted by Gasteiger charge is 2.16. The standard InChI is InChI=1S/C9H8Cl3NO2/c10-3-4-13(9(14)15)8-5-6(11)1-2-7(8)12/h1-2,5H,3-4H2,(H,14,15). The van der Waals surface area contributed by atoms with Crippen molar-refractivity contribution in [2.45, 2.75) is 0 Å². The minimum atomic E-state index is -1.11. The van der Waals surface area contributed by atoms with Gasteiger partial charge in [0, 0.05) is 17.4 Å². The fourth-order valence-electron chi connectivity index (χ4n) is 1.10. The molecule has 1 amide bonds. The molecule has 0 aliphatic carbocycles. The largest absolute Gasteiger partial charge is 0.465 e.